The molecule has 2 aromatic rings. The van der Waals surface area contributed by atoms with Gasteiger partial charge >= 0.3 is 6.18 Å². The zero-order chi connectivity index (χ0) is 17.2. The van der Waals surface area contributed by atoms with E-state index < -0.39 is 17.6 Å². The first kappa shape index (κ1) is 16.8. The van der Waals surface area contributed by atoms with Gasteiger partial charge in [0.25, 0.3) is 0 Å². The highest BCUT2D eigenvalue weighted by molar-refractivity contribution is 5.50. The molecule has 0 bridgehead atoms. The SMILES string of the molecule is Fc1cc(Cc2cccc(N3CCOCC3)c2)cc(C(F)(F)F)c1. The molecule has 1 saturated heterocycles. The number of benzene rings is 2. The van der Waals surface area contributed by atoms with E-state index in [0.29, 0.717) is 24.8 Å². The summed E-state index contributed by atoms with van der Waals surface area (Å²) in [6.45, 7) is 2.87. The van der Waals surface area contributed by atoms with Gasteiger partial charge in [0.05, 0.1) is 18.8 Å². The van der Waals surface area contributed by atoms with Crippen molar-refractivity contribution in [2.24, 2.45) is 0 Å². The minimum absolute atomic E-state index is 0.249. The molecule has 128 valence electrons. The molecule has 1 heterocycles. The average molecular weight is 339 g/mol. The molecule has 2 aromatic carbocycles. The fourth-order valence-electron chi connectivity index (χ4n) is 2.84. The summed E-state index contributed by atoms with van der Waals surface area (Å²) in [5, 5.41) is 0. The Balaban J connectivity index is 1.82. The number of ether oxygens (including phenoxy) is 1. The van der Waals surface area contributed by atoms with E-state index >= 15 is 0 Å². The van der Waals surface area contributed by atoms with E-state index in [9.17, 15) is 17.6 Å². The van der Waals surface area contributed by atoms with Gasteiger partial charge in [-0.25, -0.2) is 4.39 Å². The number of rotatable bonds is 3. The van der Waals surface area contributed by atoms with Crippen LogP contribution in [0.2, 0.25) is 0 Å². The van der Waals surface area contributed by atoms with Gasteiger partial charge in [-0.3, -0.25) is 0 Å². The van der Waals surface area contributed by atoms with Crippen LogP contribution in [0.15, 0.2) is 42.5 Å². The lowest BCUT2D eigenvalue weighted by molar-refractivity contribution is -0.137. The Kier molecular flexibility index (Phi) is 4.76. The molecular formula is C18H17F4NO. The highest BCUT2D eigenvalue weighted by Gasteiger charge is 2.31. The summed E-state index contributed by atoms with van der Waals surface area (Å²) in [4.78, 5) is 2.17. The number of anilines is 1. The molecule has 1 aliphatic rings. The summed E-state index contributed by atoms with van der Waals surface area (Å²) in [6.07, 6.45) is -4.30. The molecule has 1 aliphatic heterocycles. The highest BCUT2D eigenvalue weighted by Crippen LogP contribution is 2.31. The Morgan fingerprint density at radius 2 is 1.71 bits per heavy atom. The van der Waals surface area contributed by atoms with Crippen LogP contribution in [-0.2, 0) is 17.3 Å². The van der Waals surface area contributed by atoms with Gasteiger partial charge in [0.1, 0.15) is 5.82 Å². The Hall–Kier alpha value is -2.08. The van der Waals surface area contributed by atoms with Crippen molar-refractivity contribution in [3.05, 3.63) is 65.0 Å². The first-order valence-corrected chi connectivity index (χ1v) is 7.70. The van der Waals surface area contributed by atoms with Gasteiger partial charge in [0.2, 0.25) is 0 Å². The minimum atomic E-state index is -4.55. The van der Waals surface area contributed by atoms with Gasteiger partial charge in [-0.2, -0.15) is 13.2 Å². The topological polar surface area (TPSA) is 12.5 Å². The Morgan fingerprint density at radius 3 is 2.42 bits per heavy atom. The monoisotopic (exact) mass is 339 g/mol. The lowest BCUT2D eigenvalue weighted by Gasteiger charge is -2.29. The summed E-state index contributed by atoms with van der Waals surface area (Å²) in [6, 6.07) is 10.3. The molecule has 24 heavy (non-hydrogen) atoms. The third-order valence-corrected chi connectivity index (χ3v) is 3.98. The van der Waals surface area contributed by atoms with Gasteiger partial charge in [-0.05, 0) is 47.9 Å². The van der Waals surface area contributed by atoms with Gasteiger partial charge in [0.15, 0.2) is 0 Å². The van der Waals surface area contributed by atoms with Crippen LogP contribution in [0.3, 0.4) is 0 Å². The zero-order valence-electron chi connectivity index (χ0n) is 12.9. The van der Waals surface area contributed by atoms with E-state index in [4.69, 9.17) is 4.74 Å². The first-order valence-electron chi connectivity index (χ1n) is 7.70. The van der Waals surface area contributed by atoms with Crippen LogP contribution in [-0.4, -0.2) is 26.3 Å². The normalized spacial score (nSPS) is 15.6. The Bertz CT molecular complexity index is 708. The van der Waals surface area contributed by atoms with Crippen molar-refractivity contribution >= 4 is 5.69 Å². The van der Waals surface area contributed by atoms with Crippen LogP contribution in [0.4, 0.5) is 23.2 Å². The van der Waals surface area contributed by atoms with E-state index in [-0.39, 0.29) is 6.42 Å². The smallest absolute Gasteiger partial charge is 0.378 e. The van der Waals surface area contributed by atoms with E-state index in [0.717, 1.165) is 36.5 Å². The average Bonchev–Trinajstić information content (AvgIpc) is 2.54. The molecule has 0 saturated carbocycles. The second-order valence-electron chi connectivity index (χ2n) is 5.79. The molecule has 1 fully saturated rings. The van der Waals surface area contributed by atoms with Crippen LogP contribution >= 0.6 is 0 Å². The molecule has 6 heteroatoms. The quantitative estimate of drug-likeness (QED) is 0.774. The molecular weight excluding hydrogens is 322 g/mol. The van der Waals surface area contributed by atoms with Crippen molar-refractivity contribution < 1.29 is 22.3 Å². The number of morpholine rings is 1. The molecule has 2 nitrogen and oxygen atoms in total. The van der Waals surface area contributed by atoms with E-state index in [1.54, 1.807) is 0 Å². The zero-order valence-corrected chi connectivity index (χ0v) is 12.9. The fraction of sp³-hybridized carbons (Fsp3) is 0.333. The lowest BCUT2D eigenvalue weighted by atomic mass is 10.0. The van der Waals surface area contributed by atoms with Crippen LogP contribution < -0.4 is 4.90 Å². The van der Waals surface area contributed by atoms with Gasteiger partial charge < -0.3 is 9.64 Å². The molecule has 0 amide bonds. The van der Waals surface area contributed by atoms with Crippen LogP contribution in [0, 0.1) is 5.82 Å². The fourth-order valence-corrected chi connectivity index (χ4v) is 2.84. The predicted octanol–water partition coefficient (Wildman–Crippen LogP) is 4.27. The molecule has 0 aliphatic carbocycles. The summed E-state index contributed by atoms with van der Waals surface area (Å²) in [5.74, 6) is -0.871. The van der Waals surface area contributed by atoms with Crippen molar-refractivity contribution in [3.63, 3.8) is 0 Å². The number of hydrogen-bond donors (Lipinski definition) is 0. The standard InChI is InChI=1S/C18H17F4NO/c19-16-10-14(9-15(12-16)18(20,21)22)8-13-2-1-3-17(11-13)23-4-6-24-7-5-23/h1-3,9-12H,4-8H2. The molecule has 0 N–H and O–H groups in total. The lowest BCUT2D eigenvalue weighted by Crippen LogP contribution is -2.36. The second kappa shape index (κ2) is 6.81. The number of alkyl halides is 3. The Labute approximate surface area is 137 Å². The largest absolute Gasteiger partial charge is 0.416 e. The maximum absolute atomic E-state index is 13.5. The van der Waals surface area contributed by atoms with E-state index in [1.807, 2.05) is 24.3 Å². The third kappa shape index (κ3) is 4.06. The predicted molar refractivity (Wildman–Crippen MR) is 83.7 cm³/mol. The van der Waals surface area contributed by atoms with Crippen molar-refractivity contribution in [2.45, 2.75) is 12.6 Å². The van der Waals surface area contributed by atoms with Crippen molar-refractivity contribution in [1.82, 2.24) is 0 Å². The summed E-state index contributed by atoms with van der Waals surface area (Å²) < 4.78 is 57.2. The maximum atomic E-state index is 13.5. The van der Waals surface area contributed by atoms with Crippen LogP contribution in [0.1, 0.15) is 16.7 Å². The molecule has 0 spiro atoms. The second-order valence-corrected chi connectivity index (χ2v) is 5.79. The van der Waals surface area contributed by atoms with E-state index in [2.05, 4.69) is 4.90 Å². The summed E-state index contributed by atoms with van der Waals surface area (Å²) in [7, 11) is 0. The van der Waals surface area contributed by atoms with Gasteiger partial charge in [-0.15, -0.1) is 0 Å². The third-order valence-electron chi connectivity index (χ3n) is 3.98. The first-order chi connectivity index (χ1) is 11.4. The number of nitrogens with zero attached hydrogens (tertiary/aromatic N) is 1. The van der Waals surface area contributed by atoms with Crippen molar-refractivity contribution in [2.75, 3.05) is 31.2 Å². The van der Waals surface area contributed by atoms with Crippen LogP contribution in [0.5, 0.6) is 0 Å². The van der Waals surface area contributed by atoms with Crippen LogP contribution in [0.25, 0.3) is 0 Å². The molecule has 0 unspecified atom stereocenters. The van der Waals surface area contributed by atoms with Crippen molar-refractivity contribution in [3.8, 4) is 0 Å². The molecule has 0 radical (unpaired) electrons. The summed E-state index contributed by atoms with van der Waals surface area (Å²) >= 11 is 0. The number of halogens is 4. The summed E-state index contributed by atoms with van der Waals surface area (Å²) in [5.41, 5.74) is 1.20. The highest BCUT2D eigenvalue weighted by atomic mass is 19.4. The molecule has 0 aromatic heterocycles. The molecule has 0 atom stereocenters. The molecule has 3 rings (SSSR count). The van der Waals surface area contributed by atoms with Gasteiger partial charge in [-0.1, -0.05) is 12.1 Å². The number of hydrogen-bond acceptors (Lipinski definition) is 2. The van der Waals surface area contributed by atoms with E-state index in [1.165, 1.54) is 0 Å². The maximum Gasteiger partial charge on any atom is 0.416 e. The van der Waals surface area contributed by atoms with Gasteiger partial charge in [0, 0.05) is 18.8 Å². The minimum Gasteiger partial charge on any atom is -0.378 e. The Morgan fingerprint density at radius 1 is 0.958 bits per heavy atom. The van der Waals surface area contributed by atoms with Crippen molar-refractivity contribution in [1.29, 1.82) is 0 Å².